The highest BCUT2D eigenvalue weighted by molar-refractivity contribution is 6.30. The Kier molecular flexibility index (Phi) is 3.97. The van der Waals surface area contributed by atoms with Crippen LogP contribution < -0.4 is 5.32 Å². The van der Waals surface area contributed by atoms with Gasteiger partial charge in [-0.05, 0) is 30.0 Å². The zero-order valence-electron chi connectivity index (χ0n) is 9.40. The Morgan fingerprint density at radius 1 is 1.33 bits per heavy atom. The van der Waals surface area contributed by atoms with Crippen molar-refractivity contribution in [1.29, 1.82) is 0 Å². The Hall–Kier alpha value is -0.760. The minimum Gasteiger partial charge on any atom is -0.383 e. The molecule has 1 aromatic rings. The Bertz CT molecular complexity index is 331. The van der Waals surface area contributed by atoms with Crippen molar-refractivity contribution in [2.24, 2.45) is 5.41 Å². The lowest BCUT2D eigenvalue weighted by Crippen LogP contribution is -2.13. The van der Waals surface area contributed by atoms with Gasteiger partial charge in [-0.15, -0.1) is 0 Å². The Balaban J connectivity index is 2.54. The standard InChI is InChI=1S/C12H17ClFN/c1-12(2,3)6-7-15-11-8-9(13)4-5-10(11)14/h4-5,8,15H,6-7H2,1-3H3. The van der Waals surface area contributed by atoms with Gasteiger partial charge >= 0.3 is 0 Å². The number of hydrogen-bond donors (Lipinski definition) is 1. The van der Waals surface area contributed by atoms with Crippen molar-refractivity contribution in [3.8, 4) is 0 Å². The molecule has 1 aromatic carbocycles. The quantitative estimate of drug-likeness (QED) is 0.814. The summed E-state index contributed by atoms with van der Waals surface area (Å²) in [6.45, 7) is 7.22. The fourth-order valence-electron chi connectivity index (χ4n) is 1.21. The third kappa shape index (κ3) is 4.52. The SMILES string of the molecule is CC(C)(C)CCNc1cc(Cl)ccc1F. The van der Waals surface area contributed by atoms with Crippen LogP contribution in [0.4, 0.5) is 10.1 Å². The second-order valence-corrected chi connectivity index (χ2v) is 5.30. The van der Waals surface area contributed by atoms with E-state index in [1.54, 1.807) is 12.1 Å². The van der Waals surface area contributed by atoms with Gasteiger partial charge < -0.3 is 5.32 Å². The monoisotopic (exact) mass is 229 g/mol. The van der Waals surface area contributed by atoms with Gasteiger partial charge in [0.2, 0.25) is 0 Å². The highest BCUT2D eigenvalue weighted by Crippen LogP contribution is 2.22. The summed E-state index contributed by atoms with van der Waals surface area (Å²) in [6, 6.07) is 4.53. The maximum Gasteiger partial charge on any atom is 0.146 e. The van der Waals surface area contributed by atoms with Crippen LogP contribution in [0.25, 0.3) is 0 Å². The van der Waals surface area contributed by atoms with Gasteiger partial charge in [-0.3, -0.25) is 0 Å². The average Bonchev–Trinajstić information content (AvgIpc) is 2.09. The minimum absolute atomic E-state index is 0.252. The van der Waals surface area contributed by atoms with Crippen LogP contribution in [-0.2, 0) is 0 Å². The van der Waals surface area contributed by atoms with Gasteiger partial charge in [-0.1, -0.05) is 32.4 Å². The van der Waals surface area contributed by atoms with Gasteiger partial charge in [0.1, 0.15) is 5.82 Å². The molecule has 84 valence electrons. The number of rotatable bonds is 3. The van der Waals surface area contributed by atoms with Crippen molar-refractivity contribution >= 4 is 17.3 Å². The molecule has 0 unspecified atom stereocenters. The Morgan fingerprint density at radius 2 is 2.00 bits per heavy atom. The first-order chi connectivity index (χ1) is 6.88. The maximum atomic E-state index is 13.3. The molecule has 1 rings (SSSR count). The van der Waals surface area contributed by atoms with Crippen LogP contribution in [0.2, 0.25) is 5.02 Å². The molecule has 0 aliphatic carbocycles. The fourth-order valence-corrected chi connectivity index (χ4v) is 1.38. The van der Waals surface area contributed by atoms with Crippen molar-refractivity contribution < 1.29 is 4.39 Å². The van der Waals surface area contributed by atoms with Crippen molar-refractivity contribution in [1.82, 2.24) is 0 Å². The largest absolute Gasteiger partial charge is 0.383 e. The summed E-state index contributed by atoms with van der Waals surface area (Å²) in [4.78, 5) is 0. The third-order valence-electron chi connectivity index (χ3n) is 2.12. The van der Waals surface area contributed by atoms with Crippen LogP contribution in [0.1, 0.15) is 27.2 Å². The Labute approximate surface area is 95.6 Å². The van der Waals surface area contributed by atoms with Gasteiger partial charge in [-0.25, -0.2) is 4.39 Å². The lowest BCUT2D eigenvalue weighted by Gasteiger charge is -2.18. The van der Waals surface area contributed by atoms with E-state index in [0.717, 1.165) is 13.0 Å². The van der Waals surface area contributed by atoms with Crippen molar-refractivity contribution in [3.63, 3.8) is 0 Å². The summed E-state index contributed by atoms with van der Waals surface area (Å²) in [7, 11) is 0. The molecule has 0 aliphatic rings. The lowest BCUT2D eigenvalue weighted by molar-refractivity contribution is 0.389. The summed E-state index contributed by atoms with van der Waals surface area (Å²) >= 11 is 5.78. The molecule has 0 aliphatic heterocycles. The van der Waals surface area contributed by atoms with Gasteiger partial charge in [0, 0.05) is 11.6 Å². The molecule has 3 heteroatoms. The molecule has 1 nitrogen and oxygen atoms in total. The highest BCUT2D eigenvalue weighted by Gasteiger charge is 2.10. The average molecular weight is 230 g/mol. The molecule has 0 fully saturated rings. The van der Waals surface area contributed by atoms with Crippen molar-refractivity contribution in [3.05, 3.63) is 29.0 Å². The normalized spacial score (nSPS) is 11.5. The summed E-state index contributed by atoms with van der Waals surface area (Å²) in [6.07, 6.45) is 0.985. The van der Waals surface area contributed by atoms with Crippen LogP contribution in [0, 0.1) is 11.2 Å². The lowest BCUT2D eigenvalue weighted by atomic mass is 9.92. The minimum atomic E-state index is -0.256. The van der Waals surface area contributed by atoms with Gasteiger partial charge in [0.15, 0.2) is 0 Å². The number of benzene rings is 1. The summed E-state index contributed by atoms with van der Waals surface area (Å²) in [5.41, 5.74) is 0.731. The van der Waals surface area contributed by atoms with Crippen molar-refractivity contribution in [2.45, 2.75) is 27.2 Å². The number of hydrogen-bond acceptors (Lipinski definition) is 1. The van der Waals surface area contributed by atoms with E-state index in [2.05, 4.69) is 26.1 Å². The van der Waals surface area contributed by atoms with E-state index in [1.165, 1.54) is 6.07 Å². The maximum absolute atomic E-state index is 13.3. The first-order valence-corrected chi connectivity index (χ1v) is 5.45. The number of nitrogens with one attached hydrogen (secondary N) is 1. The van der Waals surface area contributed by atoms with E-state index in [4.69, 9.17) is 11.6 Å². The summed E-state index contributed by atoms with van der Waals surface area (Å²) < 4.78 is 13.3. The molecule has 0 saturated heterocycles. The first kappa shape index (κ1) is 12.3. The molecule has 1 N–H and O–H groups in total. The number of anilines is 1. The van der Waals surface area contributed by atoms with Gasteiger partial charge in [0.25, 0.3) is 0 Å². The molecule has 0 amide bonds. The zero-order valence-corrected chi connectivity index (χ0v) is 10.2. The molecule has 0 aromatic heterocycles. The van der Waals surface area contributed by atoms with Crippen LogP contribution in [0.15, 0.2) is 18.2 Å². The second kappa shape index (κ2) is 4.84. The molecular formula is C12H17ClFN. The van der Waals surface area contributed by atoms with Crippen LogP contribution in [0.3, 0.4) is 0 Å². The molecule has 0 radical (unpaired) electrons. The summed E-state index contributed by atoms with van der Waals surface area (Å²) in [5, 5.41) is 3.60. The topological polar surface area (TPSA) is 12.0 Å². The Morgan fingerprint density at radius 3 is 2.60 bits per heavy atom. The van der Waals surface area contributed by atoms with Crippen LogP contribution in [0.5, 0.6) is 0 Å². The van der Waals surface area contributed by atoms with Crippen molar-refractivity contribution in [2.75, 3.05) is 11.9 Å². The van der Waals surface area contributed by atoms with Gasteiger partial charge in [0.05, 0.1) is 5.69 Å². The smallest absolute Gasteiger partial charge is 0.146 e. The van der Waals surface area contributed by atoms with E-state index in [1.807, 2.05) is 0 Å². The third-order valence-corrected chi connectivity index (χ3v) is 2.35. The molecule has 0 heterocycles. The molecule has 0 bridgehead atoms. The van der Waals surface area contributed by atoms with E-state index < -0.39 is 0 Å². The fraction of sp³-hybridized carbons (Fsp3) is 0.500. The molecule has 15 heavy (non-hydrogen) atoms. The molecule has 0 atom stereocenters. The first-order valence-electron chi connectivity index (χ1n) is 5.07. The van der Waals surface area contributed by atoms with Crippen LogP contribution >= 0.6 is 11.6 Å². The molecule has 0 saturated carbocycles. The number of halogens is 2. The van der Waals surface area contributed by atoms with E-state index in [0.29, 0.717) is 10.7 Å². The van der Waals surface area contributed by atoms with E-state index in [9.17, 15) is 4.39 Å². The summed E-state index contributed by atoms with van der Waals surface area (Å²) in [5.74, 6) is -0.256. The van der Waals surface area contributed by atoms with E-state index in [-0.39, 0.29) is 11.2 Å². The highest BCUT2D eigenvalue weighted by atomic mass is 35.5. The van der Waals surface area contributed by atoms with Crippen LogP contribution in [-0.4, -0.2) is 6.54 Å². The predicted molar refractivity (Wildman–Crippen MR) is 64.0 cm³/mol. The van der Waals surface area contributed by atoms with Gasteiger partial charge in [-0.2, -0.15) is 0 Å². The molecular weight excluding hydrogens is 213 g/mol. The predicted octanol–water partition coefficient (Wildman–Crippen LogP) is 4.33. The zero-order chi connectivity index (χ0) is 11.5. The molecule has 0 spiro atoms. The van der Waals surface area contributed by atoms with E-state index >= 15 is 0 Å². The second-order valence-electron chi connectivity index (χ2n) is 4.86.